The summed E-state index contributed by atoms with van der Waals surface area (Å²) in [6.45, 7) is 3.47. The standard InChI is InChI=1S/C14H20N2O4/c1-9(2)14(18)15-8-13(17)16-10-5-6-11(19-3)12(7-10)20-4/h5-7,9H,8H2,1-4H3,(H,15,18)(H,16,17). The van der Waals surface area contributed by atoms with Crippen molar-refractivity contribution in [2.75, 3.05) is 26.1 Å². The van der Waals surface area contributed by atoms with E-state index in [-0.39, 0.29) is 24.3 Å². The number of benzene rings is 1. The Morgan fingerprint density at radius 2 is 1.80 bits per heavy atom. The lowest BCUT2D eigenvalue weighted by Gasteiger charge is -2.11. The van der Waals surface area contributed by atoms with Crippen LogP contribution >= 0.6 is 0 Å². The largest absolute Gasteiger partial charge is 0.493 e. The third-order valence-corrected chi connectivity index (χ3v) is 2.61. The predicted octanol–water partition coefficient (Wildman–Crippen LogP) is 1.41. The molecule has 6 heteroatoms. The molecular formula is C14H20N2O4. The van der Waals surface area contributed by atoms with Gasteiger partial charge in [-0.2, -0.15) is 0 Å². The van der Waals surface area contributed by atoms with Gasteiger partial charge in [0, 0.05) is 17.7 Å². The number of carbonyl (C=O) groups excluding carboxylic acids is 2. The Labute approximate surface area is 118 Å². The predicted molar refractivity (Wildman–Crippen MR) is 76.0 cm³/mol. The van der Waals surface area contributed by atoms with E-state index >= 15 is 0 Å². The SMILES string of the molecule is COc1ccc(NC(=O)CNC(=O)C(C)C)cc1OC. The maximum Gasteiger partial charge on any atom is 0.243 e. The smallest absolute Gasteiger partial charge is 0.243 e. The van der Waals surface area contributed by atoms with Gasteiger partial charge >= 0.3 is 0 Å². The number of hydrogen-bond acceptors (Lipinski definition) is 4. The number of amides is 2. The first-order chi connectivity index (χ1) is 9.47. The van der Waals surface area contributed by atoms with Gasteiger partial charge in [0.1, 0.15) is 0 Å². The number of nitrogens with one attached hydrogen (secondary N) is 2. The van der Waals surface area contributed by atoms with Crippen LogP contribution in [-0.4, -0.2) is 32.6 Å². The number of methoxy groups -OCH3 is 2. The summed E-state index contributed by atoms with van der Waals surface area (Å²) < 4.78 is 10.2. The van der Waals surface area contributed by atoms with E-state index < -0.39 is 0 Å². The molecule has 0 unspecified atom stereocenters. The zero-order valence-corrected chi connectivity index (χ0v) is 12.1. The molecule has 0 saturated carbocycles. The van der Waals surface area contributed by atoms with Crippen LogP contribution in [0.25, 0.3) is 0 Å². The zero-order valence-electron chi connectivity index (χ0n) is 12.1. The molecule has 20 heavy (non-hydrogen) atoms. The molecule has 0 heterocycles. The minimum absolute atomic E-state index is 0.0641. The molecule has 1 aromatic rings. The van der Waals surface area contributed by atoms with E-state index in [1.807, 2.05) is 0 Å². The van der Waals surface area contributed by atoms with Gasteiger partial charge in [-0.15, -0.1) is 0 Å². The molecule has 6 nitrogen and oxygen atoms in total. The van der Waals surface area contributed by atoms with E-state index in [4.69, 9.17) is 9.47 Å². The minimum atomic E-state index is -0.300. The van der Waals surface area contributed by atoms with E-state index in [0.717, 1.165) is 0 Å². The van der Waals surface area contributed by atoms with E-state index in [1.54, 1.807) is 32.0 Å². The Kier molecular flexibility index (Phi) is 5.83. The average molecular weight is 280 g/mol. The molecular weight excluding hydrogens is 260 g/mol. The van der Waals surface area contributed by atoms with Crippen LogP contribution in [0.15, 0.2) is 18.2 Å². The van der Waals surface area contributed by atoms with E-state index in [2.05, 4.69) is 10.6 Å². The van der Waals surface area contributed by atoms with Crippen molar-refractivity contribution in [3.8, 4) is 11.5 Å². The molecule has 0 aromatic heterocycles. The maximum absolute atomic E-state index is 11.7. The first kappa shape index (κ1) is 15.8. The van der Waals surface area contributed by atoms with Crippen LogP contribution in [-0.2, 0) is 9.59 Å². The summed E-state index contributed by atoms with van der Waals surface area (Å²) in [6.07, 6.45) is 0. The topological polar surface area (TPSA) is 76.7 Å². The Hall–Kier alpha value is -2.24. The molecule has 0 fully saturated rings. The maximum atomic E-state index is 11.7. The minimum Gasteiger partial charge on any atom is -0.493 e. The fourth-order valence-corrected chi connectivity index (χ4v) is 1.49. The Morgan fingerprint density at radius 1 is 1.15 bits per heavy atom. The third kappa shape index (κ3) is 4.46. The lowest BCUT2D eigenvalue weighted by Crippen LogP contribution is -2.35. The summed E-state index contributed by atoms with van der Waals surface area (Å²) in [5.41, 5.74) is 0.575. The quantitative estimate of drug-likeness (QED) is 0.826. The Morgan fingerprint density at radius 3 is 2.35 bits per heavy atom. The number of ether oxygens (including phenoxy) is 2. The lowest BCUT2D eigenvalue weighted by atomic mass is 10.2. The second kappa shape index (κ2) is 7.37. The highest BCUT2D eigenvalue weighted by Gasteiger charge is 2.10. The van der Waals surface area contributed by atoms with Crippen molar-refractivity contribution in [3.05, 3.63) is 18.2 Å². The van der Waals surface area contributed by atoms with E-state index in [9.17, 15) is 9.59 Å². The Balaban J connectivity index is 2.60. The van der Waals surface area contributed by atoms with Gasteiger partial charge in [-0.25, -0.2) is 0 Å². The van der Waals surface area contributed by atoms with E-state index in [0.29, 0.717) is 17.2 Å². The number of carbonyl (C=O) groups is 2. The van der Waals surface area contributed by atoms with Gasteiger partial charge in [-0.1, -0.05) is 13.8 Å². The molecule has 0 aliphatic carbocycles. The van der Waals surface area contributed by atoms with Crippen molar-refractivity contribution in [2.24, 2.45) is 5.92 Å². The molecule has 2 amide bonds. The van der Waals surface area contributed by atoms with Crippen molar-refractivity contribution in [3.63, 3.8) is 0 Å². The van der Waals surface area contributed by atoms with Gasteiger partial charge in [-0.3, -0.25) is 9.59 Å². The third-order valence-electron chi connectivity index (χ3n) is 2.61. The molecule has 0 spiro atoms. The molecule has 0 aliphatic heterocycles. The molecule has 110 valence electrons. The molecule has 1 aromatic carbocycles. The first-order valence-electron chi connectivity index (χ1n) is 6.27. The monoisotopic (exact) mass is 280 g/mol. The fourth-order valence-electron chi connectivity index (χ4n) is 1.49. The van der Waals surface area contributed by atoms with Gasteiger partial charge in [-0.05, 0) is 12.1 Å². The van der Waals surface area contributed by atoms with Crippen molar-refractivity contribution in [1.82, 2.24) is 5.32 Å². The average Bonchev–Trinajstić information content (AvgIpc) is 2.44. The summed E-state index contributed by atoms with van der Waals surface area (Å²) in [5, 5.41) is 5.22. The summed E-state index contributed by atoms with van der Waals surface area (Å²) in [5.74, 6) is 0.498. The zero-order chi connectivity index (χ0) is 15.1. The summed E-state index contributed by atoms with van der Waals surface area (Å²) in [6, 6.07) is 5.05. The van der Waals surface area contributed by atoms with Crippen LogP contribution in [0.4, 0.5) is 5.69 Å². The van der Waals surface area contributed by atoms with Crippen molar-refractivity contribution in [1.29, 1.82) is 0 Å². The molecule has 2 N–H and O–H groups in total. The van der Waals surface area contributed by atoms with Gasteiger partial charge < -0.3 is 20.1 Å². The fraction of sp³-hybridized carbons (Fsp3) is 0.429. The molecule has 0 bridgehead atoms. The highest BCUT2D eigenvalue weighted by atomic mass is 16.5. The summed E-state index contributed by atoms with van der Waals surface area (Å²) in [4.78, 5) is 23.1. The number of hydrogen-bond donors (Lipinski definition) is 2. The second-order valence-corrected chi connectivity index (χ2v) is 4.49. The van der Waals surface area contributed by atoms with Crippen molar-refractivity contribution in [2.45, 2.75) is 13.8 Å². The van der Waals surface area contributed by atoms with Gasteiger partial charge in [0.05, 0.1) is 20.8 Å². The van der Waals surface area contributed by atoms with Crippen LogP contribution in [0.3, 0.4) is 0 Å². The van der Waals surface area contributed by atoms with Crippen LogP contribution in [0, 0.1) is 5.92 Å². The Bertz CT molecular complexity index is 486. The van der Waals surface area contributed by atoms with Crippen LogP contribution in [0.2, 0.25) is 0 Å². The van der Waals surface area contributed by atoms with Crippen LogP contribution in [0.1, 0.15) is 13.8 Å². The van der Waals surface area contributed by atoms with Crippen molar-refractivity contribution < 1.29 is 19.1 Å². The normalized spacial score (nSPS) is 10.1. The molecule has 0 aliphatic rings. The highest BCUT2D eigenvalue weighted by Crippen LogP contribution is 2.29. The first-order valence-corrected chi connectivity index (χ1v) is 6.27. The van der Waals surface area contributed by atoms with Gasteiger partial charge in [0.25, 0.3) is 0 Å². The number of rotatable bonds is 6. The second-order valence-electron chi connectivity index (χ2n) is 4.49. The lowest BCUT2D eigenvalue weighted by molar-refractivity contribution is -0.126. The summed E-state index contributed by atoms with van der Waals surface area (Å²) >= 11 is 0. The number of anilines is 1. The van der Waals surface area contributed by atoms with E-state index in [1.165, 1.54) is 14.2 Å². The molecule has 0 atom stereocenters. The van der Waals surface area contributed by atoms with Gasteiger partial charge in [0.15, 0.2) is 11.5 Å². The molecule has 1 rings (SSSR count). The summed E-state index contributed by atoms with van der Waals surface area (Å²) in [7, 11) is 3.06. The van der Waals surface area contributed by atoms with Gasteiger partial charge in [0.2, 0.25) is 11.8 Å². The molecule has 0 radical (unpaired) electrons. The molecule has 0 saturated heterocycles. The van der Waals surface area contributed by atoms with Crippen LogP contribution in [0.5, 0.6) is 11.5 Å². The van der Waals surface area contributed by atoms with Crippen molar-refractivity contribution >= 4 is 17.5 Å². The van der Waals surface area contributed by atoms with Crippen LogP contribution < -0.4 is 20.1 Å². The highest BCUT2D eigenvalue weighted by molar-refractivity contribution is 5.94.